The first-order valence-electron chi connectivity index (χ1n) is 8.58. The Morgan fingerprint density at radius 3 is 2.72 bits per heavy atom. The molecule has 0 spiro atoms. The number of hydrogen-bond acceptors (Lipinski definition) is 6. The maximum atomic E-state index is 12.6. The van der Waals surface area contributed by atoms with Gasteiger partial charge in [-0.2, -0.15) is 5.26 Å². The van der Waals surface area contributed by atoms with E-state index >= 15 is 0 Å². The van der Waals surface area contributed by atoms with Gasteiger partial charge in [0, 0.05) is 33.9 Å². The minimum atomic E-state index is -0.612. The number of nitrogen functional groups attached to an aromatic ring is 1. The zero-order valence-corrected chi connectivity index (χ0v) is 16.5. The number of anilines is 2. The molecule has 0 aliphatic heterocycles. The lowest BCUT2D eigenvalue weighted by molar-refractivity contribution is 0.102. The van der Waals surface area contributed by atoms with Gasteiger partial charge in [0.25, 0.3) is 5.91 Å². The summed E-state index contributed by atoms with van der Waals surface area (Å²) in [6.07, 6.45) is 1.34. The van der Waals surface area contributed by atoms with Gasteiger partial charge in [-0.3, -0.25) is 10.2 Å². The molecule has 1 radical (unpaired) electrons. The van der Waals surface area contributed by atoms with Crippen molar-refractivity contribution in [3.63, 3.8) is 0 Å². The Hall–Kier alpha value is -3.96. The molecule has 0 aliphatic carbocycles. The van der Waals surface area contributed by atoms with Crippen LogP contribution in [0.2, 0.25) is 0 Å². The van der Waals surface area contributed by atoms with Crippen molar-refractivity contribution in [3.05, 3.63) is 82.7 Å². The first-order chi connectivity index (χ1) is 13.9. The van der Waals surface area contributed by atoms with Crippen LogP contribution in [-0.2, 0) is 4.46 Å². The third-order valence-electron chi connectivity index (χ3n) is 4.27. The van der Waals surface area contributed by atoms with Crippen molar-refractivity contribution in [1.82, 2.24) is 4.98 Å². The average Bonchev–Trinajstić information content (AvgIpc) is 2.74. The summed E-state index contributed by atoms with van der Waals surface area (Å²) in [4.78, 5) is 16.6. The number of hydrogen-bond donors (Lipinski definition) is 3. The molecule has 1 aromatic heterocycles. The fourth-order valence-electron chi connectivity index (χ4n) is 2.81. The van der Waals surface area contributed by atoms with Crippen molar-refractivity contribution in [3.8, 4) is 6.07 Å². The van der Waals surface area contributed by atoms with Gasteiger partial charge in [0.05, 0.1) is 11.3 Å². The number of carbonyl (C=O) groups excluding carboxylic acids is 1. The number of rotatable bonds is 5. The molecule has 0 unspecified atom stereocenters. The Morgan fingerprint density at radius 1 is 1.24 bits per heavy atom. The number of nitrogens with two attached hydrogens (primary N) is 1. The summed E-state index contributed by atoms with van der Waals surface area (Å²) in [5.74, 6) is -0.427. The first kappa shape index (κ1) is 19.8. The zero-order chi connectivity index (χ0) is 21.0. The van der Waals surface area contributed by atoms with Crippen LogP contribution in [0.25, 0.3) is 0 Å². The minimum Gasteiger partial charge on any atom is -0.398 e. The van der Waals surface area contributed by atoms with Crippen LogP contribution in [0.1, 0.15) is 32.7 Å². The van der Waals surface area contributed by atoms with Gasteiger partial charge >= 0.3 is 9.41 Å². The molecule has 3 rings (SSSR count). The van der Waals surface area contributed by atoms with Crippen molar-refractivity contribution in [1.29, 1.82) is 10.7 Å². The van der Waals surface area contributed by atoms with Crippen molar-refractivity contribution < 1.29 is 9.26 Å². The summed E-state index contributed by atoms with van der Waals surface area (Å²) in [6, 6.07) is 15.3. The van der Waals surface area contributed by atoms with Gasteiger partial charge in [-0.25, -0.2) is 4.98 Å². The van der Waals surface area contributed by atoms with Crippen LogP contribution < -0.4 is 16.2 Å². The molecule has 1 heterocycles. The summed E-state index contributed by atoms with van der Waals surface area (Å²) in [5, 5.41) is 20.8. The van der Waals surface area contributed by atoms with Crippen molar-refractivity contribution in [2.45, 2.75) is 6.92 Å². The number of pyridine rings is 1. The van der Waals surface area contributed by atoms with Crippen molar-refractivity contribution in [2.24, 2.45) is 0 Å². The SMILES string of the molecule is Cc1cc(C#N)cnc1C(=O)Nc1ccc(N)c(C(=N)c2cccc([Si]=O)c2)c1. The molecule has 0 saturated carbocycles. The van der Waals surface area contributed by atoms with Gasteiger partial charge in [0.1, 0.15) is 11.8 Å². The van der Waals surface area contributed by atoms with E-state index in [4.69, 9.17) is 16.4 Å². The van der Waals surface area contributed by atoms with Crippen LogP contribution in [-0.4, -0.2) is 26.0 Å². The van der Waals surface area contributed by atoms with E-state index in [2.05, 4.69) is 10.3 Å². The quantitative estimate of drug-likeness (QED) is 0.344. The number of nitrogens with zero attached hydrogens (tertiary/aromatic N) is 2. The number of carbonyl (C=O) groups is 1. The van der Waals surface area contributed by atoms with E-state index < -0.39 is 15.3 Å². The molecule has 0 aliphatic rings. The molecule has 0 bridgehead atoms. The second-order valence-electron chi connectivity index (χ2n) is 6.32. The summed E-state index contributed by atoms with van der Waals surface area (Å²) in [6.45, 7) is 1.70. The highest BCUT2D eigenvalue weighted by Crippen LogP contribution is 2.22. The van der Waals surface area contributed by atoms with E-state index in [1.54, 1.807) is 55.5 Å². The monoisotopic (exact) mass is 398 g/mol. The van der Waals surface area contributed by atoms with Crippen LogP contribution in [0.3, 0.4) is 0 Å². The van der Waals surface area contributed by atoms with Gasteiger partial charge in [0.15, 0.2) is 0 Å². The van der Waals surface area contributed by atoms with Crippen LogP contribution >= 0.6 is 0 Å². The molecule has 1 amide bonds. The molecule has 0 saturated heterocycles. The molecular weight excluding hydrogens is 382 g/mol. The lowest BCUT2D eigenvalue weighted by atomic mass is 10.00. The predicted octanol–water partition coefficient (Wildman–Crippen LogP) is 2.19. The maximum Gasteiger partial charge on any atom is 0.365 e. The van der Waals surface area contributed by atoms with Gasteiger partial charge in [-0.15, -0.1) is 0 Å². The van der Waals surface area contributed by atoms with Gasteiger partial charge in [0.2, 0.25) is 0 Å². The van der Waals surface area contributed by atoms with Gasteiger partial charge in [-0.05, 0) is 42.8 Å². The number of benzene rings is 2. The lowest BCUT2D eigenvalue weighted by Crippen LogP contribution is -2.16. The summed E-state index contributed by atoms with van der Waals surface area (Å²) in [7, 11) is -0.612. The Labute approximate surface area is 169 Å². The Kier molecular flexibility index (Phi) is 5.71. The van der Waals surface area contributed by atoms with Gasteiger partial charge in [-0.1, -0.05) is 18.2 Å². The Morgan fingerprint density at radius 2 is 2.03 bits per heavy atom. The number of nitriles is 1. The molecule has 2 aromatic carbocycles. The summed E-state index contributed by atoms with van der Waals surface area (Å²) >= 11 is 0. The number of aromatic nitrogens is 1. The van der Waals surface area contributed by atoms with Crippen LogP contribution in [0.15, 0.2) is 54.7 Å². The molecule has 3 aromatic rings. The third kappa shape index (κ3) is 4.31. The van der Waals surface area contributed by atoms with E-state index in [-0.39, 0.29) is 11.4 Å². The van der Waals surface area contributed by atoms with Gasteiger partial charge < -0.3 is 15.5 Å². The zero-order valence-electron chi connectivity index (χ0n) is 15.5. The average molecular weight is 398 g/mol. The standard InChI is InChI=1S/C21H16N5O2Si/c1-12-7-13(10-22)11-25-20(12)21(27)26-15-5-6-18(23)17(9-15)19(24)14-3-2-4-16(8-14)29-28/h2-9,11,24H,23H2,1H3,(H,26,27). The second-order valence-corrected chi connectivity index (χ2v) is 7.10. The van der Waals surface area contributed by atoms with Crippen LogP contribution in [0, 0.1) is 23.7 Å². The Bertz CT molecular complexity index is 1180. The smallest absolute Gasteiger partial charge is 0.365 e. The largest absolute Gasteiger partial charge is 0.398 e. The van der Waals surface area contributed by atoms with E-state index in [1.807, 2.05) is 6.07 Å². The highest BCUT2D eigenvalue weighted by Gasteiger charge is 2.15. The topological polar surface area (TPSA) is 133 Å². The summed E-state index contributed by atoms with van der Waals surface area (Å²) < 4.78 is 11.1. The number of amides is 1. The fraction of sp³-hybridized carbons (Fsp3) is 0.0476. The highest BCUT2D eigenvalue weighted by molar-refractivity contribution is 6.39. The summed E-state index contributed by atoms with van der Waals surface area (Å²) in [5.41, 5.74) is 9.23. The first-order valence-corrected chi connectivity index (χ1v) is 9.49. The predicted molar refractivity (Wildman–Crippen MR) is 111 cm³/mol. The second kappa shape index (κ2) is 8.37. The van der Waals surface area contributed by atoms with E-state index in [9.17, 15) is 9.26 Å². The normalized spacial score (nSPS) is 10.1. The van der Waals surface area contributed by atoms with Crippen LogP contribution in [0.5, 0.6) is 0 Å². The number of nitrogens with one attached hydrogen (secondary N) is 2. The molecular formula is C21H16N5O2Si. The minimum absolute atomic E-state index is 0.159. The maximum absolute atomic E-state index is 12.6. The number of aryl methyl sites for hydroxylation is 1. The lowest BCUT2D eigenvalue weighted by Gasteiger charge is -2.12. The molecule has 4 N–H and O–H groups in total. The molecule has 8 heteroatoms. The molecule has 141 valence electrons. The fourth-order valence-corrected chi connectivity index (χ4v) is 3.19. The molecule has 7 nitrogen and oxygen atoms in total. The van der Waals surface area contributed by atoms with E-state index in [1.165, 1.54) is 6.20 Å². The highest BCUT2D eigenvalue weighted by atomic mass is 28.2. The third-order valence-corrected chi connectivity index (χ3v) is 4.82. The molecule has 0 fully saturated rings. The molecule has 0 atom stereocenters. The van der Waals surface area contributed by atoms with Crippen LogP contribution in [0.4, 0.5) is 11.4 Å². The van der Waals surface area contributed by atoms with Crippen molar-refractivity contribution >= 4 is 37.6 Å². The Balaban J connectivity index is 1.89. The van der Waals surface area contributed by atoms with Crippen molar-refractivity contribution in [2.75, 3.05) is 11.1 Å². The van der Waals surface area contributed by atoms with E-state index in [0.717, 1.165) is 0 Å². The molecule has 29 heavy (non-hydrogen) atoms. The van der Waals surface area contributed by atoms with E-state index in [0.29, 0.717) is 38.8 Å².